The largest absolute Gasteiger partial charge is 0.336 e. The summed E-state index contributed by atoms with van der Waals surface area (Å²) in [4.78, 5) is 17.4. The highest BCUT2D eigenvalue weighted by molar-refractivity contribution is 9.10. The maximum absolute atomic E-state index is 13.0. The molecule has 1 saturated heterocycles. The minimum atomic E-state index is 0.153. The zero-order valence-corrected chi connectivity index (χ0v) is 16.8. The van der Waals surface area contributed by atoms with Crippen LogP contribution in [0.15, 0.2) is 40.9 Å². The van der Waals surface area contributed by atoms with Crippen LogP contribution in [0.1, 0.15) is 32.6 Å². The topological polar surface area (TPSA) is 23.6 Å². The number of amides is 1. The van der Waals surface area contributed by atoms with Gasteiger partial charge in [0.1, 0.15) is 0 Å². The molecular weight excluding hydrogens is 376 g/mol. The Balaban J connectivity index is 1.66. The summed E-state index contributed by atoms with van der Waals surface area (Å²) in [5.74, 6) is 0.153. The van der Waals surface area contributed by atoms with E-state index in [9.17, 15) is 4.79 Å². The van der Waals surface area contributed by atoms with Crippen molar-refractivity contribution in [3.8, 4) is 0 Å². The highest BCUT2D eigenvalue weighted by atomic mass is 79.9. The summed E-state index contributed by atoms with van der Waals surface area (Å²) in [6, 6.07) is 12.5. The van der Waals surface area contributed by atoms with Gasteiger partial charge in [0.25, 0.3) is 5.91 Å². The summed E-state index contributed by atoms with van der Waals surface area (Å²) in [6.07, 6.45) is 0. The van der Waals surface area contributed by atoms with Gasteiger partial charge in [0, 0.05) is 42.8 Å². The van der Waals surface area contributed by atoms with Crippen molar-refractivity contribution >= 4 is 21.8 Å². The van der Waals surface area contributed by atoms with Crippen LogP contribution in [0.25, 0.3) is 0 Å². The number of halogens is 1. The molecule has 1 fully saturated rings. The first-order chi connectivity index (χ1) is 12.0. The predicted octanol–water partition coefficient (Wildman–Crippen LogP) is 4.33. The molecule has 1 aliphatic heterocycles. The third-order valence-electron chi connectivity index (χ3n) is 5.30. The summed E-state index contributed by atoms with van der Waals surface area (Å²) < 4.78 is 1.02. The normalized spacial score (nSPS) is 15.4. The van der Waals surface area contributed by atoms with Crippen LogP contribution < -0.4 is 0 Å². The minimum Gasteiger partial charge on any atom is -0.336 e. The number of benzene rings is 2. The van der Waals surface area contributed by atoms with Gasteiger partial charge in [-0.05, 0) is 49.1 Å². The molecule has 0 spiro atoms. The summed E-state index contributed by atoms with van der Waals surface area (Å²) in [6.45, 7) is 10.6. The lowest BCUT2D eigenvalue weighted by Gasteiger charge is -2.35. The van der Waals surface area contributed by atoms with E-state index in [-0.39, 0.29) is 5.91 Å². The highest BCUT2D eigenvalue weighted by Crippen LogP contribution is 2.27. The van der Waals surface area contributed by atoms with E-state index in [1.807, 2.05) is 24.0 Å². The van der Waals surface area contributed by atoms with Crippen molar-refractivity contribution in [2.24, 2.45) is 0 Å². The van der Waals surface area contributed by atoms with E-state index in [0.717, 1.165) is 48.3 Å². The molecule has 1 amide bonds. The molecule has 4 heteroatoms. The zero-order chi connectivity index (χ0) is 18.0. The van der Waals surface area contributed by atoms with E-state index < -0.39 is 0 Å². The Morgan fingerprint density at radius 3 is 2.24 bits per heavy atom. The molecule has 132 valence electrons. The second-order valence-electron chi connectivity index (χ2n) is 6.83. The molecule has 1 aliphatic rings. The van der Waals surface area contributed by atoms with Crippen LogP contribution in [0.4, 0.5) is 0 Å². The lowest BCUT2D eigenvalue weighted by atomic mass is 9.98. The van der Waals surface area contributed by atoms with Crippen LogP contribution in [0.5, 0.6) is 0 Å². The molecule has 2 aromatic carbocycles. The van der Waals surface area contributed by atoms with Gasteiger partial charge in [-0.1, -0.05) is 46.3 Å². The second kappa shape index (κ2) is 7.71. The van der Waals surface area contributed by atoms with Crippen LogP contribution >= 0.6 is 15.9 Å². The summed E-state index contributed by atoms with van der Waals surface area (Å²) in [5.41, 5.74) is 5.65. The van der Waals surface area contributed by atoms with Crippen molar-refractivity contribution in [2.75, 3.05) is 26.2 Å². The standard InChI is InChI=1S/C21H25BrN2O/c1-15-16(2)19(13-20(22)17(15)3)21(25)24-11-9-23(10-12-24)14-18-7-5-4-6-8-18/h4-8,13H,9-12,14H2,1-3H3. The first-order valence-corrected chi connectivity index (χ1v) is 9.58. The maximum Gasteiger partial charge on any atom is 0.254 e. The summed E-state index contributed by atoms with van der Waals surface area (Å²) in [5, 5.41) is 0. The fraction of sp³-hybridized carbons (Fsp3) is 0.381. The number of hydrogen-bond acceptors (Lipinski definition) is 2. The third-order valence-corrected chi connectivity index (χ3v) is 6.12. The van der Waals surface area contributed by atoms with E-state index in [4.69, 9.17) is 0 Å². The van der Waals surface area contributed by atoms with Crippen molar-refractivity contribution < 1.29 is 4.79 Å². The van der Waals surface area contributed by atoms with Crippen LogP contribution in [-0.4, -0.2) is 41.9 Å². The SMILES string of the molecule is Cc1c(Br)cc(C(=O)N2CCN(Cc3ccccc3)CC2)c(C)c1C. The molecule has 0 bridgehead atoms. The van der Waals surface area contributed by atoms with Crippen molar-refractivity contribution in [1.29, 1.82) is 0 Å². The molecule has 0 saturated carbocycles. The number of carbonyl (C=O) groups is 1. The first-order valence-electron chi connectivity index (χ1n) is 8.79. The van der Waals surface area contributed by atoms with E-state index in [1.54, 1.807) is 0 Å². The fourth-order valence-corrected chi connectivity index (χ4v) is 3.88. The Labute approximate surface area is 158 Å². The van der Waals surface area contributed by atoms with Crippen LogP contribution in [0.3, 0.4) is 0 Å². The van der Waals surface area contributed by atoms with Gasteiger partial charge in [-0.3, -0.25) is 9.69 Å². The van der Waals surface area contributed by atoms with Gasteiger partial charge in [0.2, 0.25) is 0 Å². The van der Waals surface area contributed by atoms with Crippen molar-refractivity contribution in [2.45, 2.75) is 27.3 Å². The summed E-state index contributed by atoms with van der Waals surface area (Å²) >= 11 is 3.59. The number of carbonyl (C=O) groups excluding carboxylic acids is 1. The Kier molecular flexibility index (Phi) is 5.60. The monoisotopic (exact) mass is 400 g/mol. The molecule has 0 unspecified atom stereocenters. The van der Waals surface area contributed by atoms with Gasteiger partial charge >= 0.3 is 0 Å². The Morgan fingerprint density at radius 2 is 1.60 bits per heavy atom. The summed E-state index contributed by atoms with van der Waals surface area (Å²) in [7, 11) is 0. The minimum absolute atomic E-state index is 0.153. The molecule has 2 aromatic rings. The van der Waals surface area contributed by atoms with E-state index in [1.165, 1.54) is 16.7 Å². The number of piperazine rings is 1. The molecular formula is C21H25BrN2O. The molecule has 0 atom stereocenters. The zero-order valence-electron chi connectivity index (χ0n) is 15.2. The predicted molar refractivity (Wildman–Crippen MR) is 106 cm³/mol. The maximum atomic E-state index is 13.0. The fourth-order valence-electron chi connectivity index (χ4n) is 3.35. The molecule has 0 aliphatic carbocycles. The lowest BCUT2D eigenvalue weighted by Crippen LogP contribution is -2.48. The lowest BCUT2D eigenvalue weighted by molar-refractivity contribution is 0.0627. The Hall–Kier alpha value is -1.65. The van der Waals surface area contributed by atoms with Gasteiger partial charge < -0.3 is 4.90 Å². The second-order valence-corrected chi connectivity index (χ2v) is 7.69. The smallest absolute Gasteiger partial charge is 0.254 e. The van der Waals surface area contributed by atoms with Crippen molar-refractivity contribution in [3.05, 3.63) is 68.7 Å². The van der Waals surface area contributed by atoms with Crippen molar-refractivity contribution in [1.82, 2.24) is 9.80 Å². The molecule has 0 N–H and O–H groups in total. The first kappa shape index (κ1) is 18.2. The van der Waals surface area contributed by atoms with Gasteiger partial charge in [0.05, 0.1) is 0 Å². The number of nitrogens with zero attached hydrogens (tertiary/aromatic N) is 2. The average Bonchev–Trinajstić information content (AvgIpc) is 2.64. The molecule has 25 heavy (non-hydrogen) atoms. The highest BCUT2D eigenvalue weighted by Gasteiger charge is 2.24. The third kappa shape index (κ3) is 3.96. The Bertz CT molecular complexity index is 765. The van der Waals surface area contributed by atoms with E-state index in [0.29, 0.717) is 0 Å². The number of rotatable bonds is 3. The molecule has 0 aromatic heterocycles. The van der Waals surface area contributed by atoms with Gasteiger partial charge in [-0.15, -0.1) is 0 Å². The number of hydrogen-bond donors (Lipinski definition) is 0. The molecule has 3 nitrogen and oxygen atoms in total. The van der Waals surface area contributed by atoms with Crippen LogP contribution in [-0.2, 0) is 6.54 Å². The average molecular weight is 401 g/mol. The van der Waals surface area contributed by atoms with Crippen molar-refractivity contribution in [3.63, 3.8) is 0 Å². The Morgan fingerprint density at radius 1 is 0.960 bits per heavy atom. The van der Waals surface area contributed by atoms with Crippen LogP contribution in [0, 0.1) is 20.8 Å². The van der Waals surface area contributed by atoms with E-state index in [2.05, 4.69) is 58.9 Å². The van der Waals surface area contributed by atoms with Crippen LogP contribution in [0.2, 0.25) is 0 Å². The van der Waals surface area contributed by atoms with Gasteiger partial charge in [-0.25, -0.2) is 0 Å². The molecule has 0 radical (unpaired) electrons. The van der Waals surface area contributed by atoms with Gasteiger partial charge in [0.15, 0.2) is 0 Å². The van der Waals surface area contributed by atoms with E-state index >= 15 is 0 Å². The quantitative estimate of drug-likeness (QED) is 0.764. The molecule has 3 rings (SSSR count). The van der Waals surface area contributed by atoms with Gasteiger partial charge in [-0.2, -0.15) is 0 Å². The molecule has 1 heterocycles.